The quantitative estimate of drug-likeness (QED) is 0.512. The van der Waals surface area contributed by atoms with Crippen molar-refractivity contribution in [3.63, 3.8) is 0 Å². The Morgan fingerprint density at radius 2 is 1.74 bits per heavy atom. The van der Waals surface area contributed by atoms with Crippen LogP contribution < -0.4 is 5.73 Å². The van der Waals surface area contributed by atoms with E-state index in [9.17, 15) is 18.4 Å². The molecule has 0 saturated heterocycles. The van der Waals surface area contributed by atoms with Crippen molar-refractivity contribution in [1.29, 1.82) is 0 Å². The van der Waals surface area contributed by atoms with E-state index in [4.69, 9.17) is 10.3 Å². The fraction of sp³-hybridized carbons (Fsp3) is 0.111. The first-order valence-corrected chi connectivity index (χ1v) is 9.77. The van der Waals surface area contributed by atoms with Gasteiger partial charge in [0, 0.05) is 11.8 Å². The zero-order valence-corrected chi connectivity index (χ0v) is 15.2. The van der Waals surface area contributed by atoms with Gasteiger partial charge in [-0.2, -0.15) is 5.06 Å². The molecule has 0 atom stereocenters. The van der Waals surface area contributed by atoms with Gasteiger partial charge in [0.25, 0.3) is 0 Å². The molecule has 0 bridgehead atoms. The maximum atomic E-state index is 11.7. The average molecular weight is 387 g/mol. The molecule has 0 radical (unpaired) electrons. The predicted octanol–water partition coefficient (Wildman–Crippen LogP) is 2.68. The molecule has 0 aliphatic heterocycles. The molecule has 0 spiro atoms. The van der Waals surface area contributed by atoms with Crippen molar-refractivity contribution < 1.29 is 22.9 Å². The van der Waals surface area contributed by atoms with Crippen molar-refractivity contribution >= 4 is 15.9 Å². The van der Waals surface area contributed by atoms with Crippen LogP contribution in [-0.2, 0) is 16.4 Å². The van der Waals surface area contributed by atoms with E-state index in [1.807, 2.05) is 30.3 Å². The van der Waals surface area contributed by atoms with Gasteiger partial charge in [-0.15, -0.1) is 0 Å². The third-order valence-corrected chi connectivity index (χ3v) is 5.06. The van der Waals surface area contributed by atoms with Crippen molar-refractivity contribution in [2.24, 2.45) is 5.73 Å². The first kappa shape index (κ1) is 18.6. The number of hydrogen-bond acceptors (Lipinski definition) is 6. The van der Waals surface area contributed by atoms with Crippen LogP contribution in [0.5, 0.6) is 0 Å². The largest absolute Gasteiger partial charge is 0.358 e. The Labute approximate surface area is 155 Å². The Balaban J connectivity index is 2.13. The minimum atomic E-state index is -3.34. The van der Waals surface area contributed by atoms with Crippen LogP contribution in [0.1, 0.15) is 5.76 Å². The molecule has 3 aromatic rings. The molecule has 2 amide bonds. The van der Waals surface area contributed by atoms with Gasteiger partial charge in [0.15, 0.2) is 15.6 Å². The van der Waals surface area contributed by atoms with Crippen molar-refractivity contribution in [1.82, 2.24) is 10.2 Å². The second-order valence-corrected chi connectivity index (χ2v) is 7.90. The number of nitrogens with zero attached hydrogens (tertiary/aromatic N) is 2. The normalized spacial score (nSPS) is 11.3. The van der Waals surface area contributed by atoms with Crippen LogP contribution in [0.2, 0.25) is 0 Å². The second-order valence-electron chi connectivity index (χ2n) is 5.89. The summed E-state index contributed by atoms with van der Waals surface area (Å²) < 4.78 is 28.7. The first-order chi connectivity index (χ1) is 12.8. The van der Waals surface area contributed by atoms with Crippen LogP contribution in [0.4, 0.5) is 4.79 Å². The lowest BCUT2D eigenvalue weighted by molar-refractivity contribution is -0.0521. The standard InChI is InChI=1S/C18H17N3O5S/c1-27(24,25)14-9-7-12(8-10-14)16-15(11-21(23)18(19)22)26-20-17(16)13-5-3-2-4-6-13/h2-10,23H,11H2,1H3,(H2,19,22). The second kappa shape index (κ2) is 7.22. The lowest BCUT2D eigenvalue weighted by Crippen LogP contribution is -2.32. The Bertz CT molecular complexity index is 1060. The van der Waals surface area contributed by atoms with Gasteiger partial charge in [-0.25, -0.2) is 13.2 Å². The van der Waals surface area contributed by atoms with E-state index in [1.54, 1.807) is 12.1 Å². The number of hydroxylamine groups is 2. The fourth-order valence-corrected chi connectivity index (χ4v) is 3.24. The molecule has 8 nitrogen and oxygen atoms in total. The summed E-state index contributed by atoms with van der Waals surface area (Å²) in [6, 6.07) is 14.3. The highest BCUT2D eigenvalue weighted by atomic mass is 32.2. The number of urea groups is 1. The summed E-state index contributed by atoms with van der Waals surface area (Å²) in [5.41, 5.74) is 7.47. The lowest BCUT2D eigenvalue weighted by atomic mass is 9.99. The summed E-state index contributed by atoms with van der Waals surface area (Å²) in [5.74, 6) is 0.210. The highest BCUT2D eigenvalue weighted by Crippen LogP contribution is 2.35. The number of hydrogen-bond donors (Lipinski definition) is 2. The smallest absolute Gasteiger partial charge is 0.338 e. The number of benzene rings is 2. The molecule has 0 unspecified atom stereocenters. The van der Waals surface area contributed by atoms with Gasteiger partial charge in [-0.1, -0.05) is 47.6 Å². The Kier molecular flexibility index (Phi) is 4.98. The Hall–Kier alpha value is -3.17. The zero-order chi connectivity index (χ0) is 19.6. The van der Waals surface area contributed by atoms with E-state index < -0.39 is 15.9 Å². The number of primary amides is 1. The average Bonchev–Trinajstić information content (AvgIpc) is 3.05. The summed E-state index contributed by atoms with van der Waals surface area (Å²) in [6.45, 7) is -0.307. The highest BCUT2D eigenvalue weighted by molar-refractivity contribution is 7.90. The van der Waals surface area contributed by atoms with Crippen LogP contribution in [0.3, 0.4) is 0 Å². The lowest BCUT2D eigenvalue weighted by Gasteiger charge is -2.11. The van der Waals surface area contributed by atoms with E-state index in [1.165, 1.54) is 12.1 Å². The van der Waals surface area contributed by atoms with E-state index in [0.717, 1.165) is 11.8 Å². The van der Waals surface area contributed by atoms with Crippen molar-refractivity contribution in [3.8, 4) is 22.4 Å². The van der Waals surface area contributed by atoms with Crippen molar-refractivity contribution in [2.45, 2.75) is 11.4 Å². The van der Waals surface area contributed by atoms with Gasteiger partial charge < -0.3 is 10.3 Å². The van der Waals surface area contributed by atoms with Gasteiger partial charge in [0.2, 0.25) is 0 Å². The summed E-state index contributed by atoms with van der Waals surface area (Å²) in [7, 11) is -3.34. The molecule has 27 heavy (non-hydrogen) atoms. The zero-order valence-electron chi connectivity index (χ0n) is 14.4. The molecule has 0 aliphatic carbocycles. The van der Waals surface area contributed by atoms with Gasteiger partial charge in [0.05, 0.1) is 10.5 Å². The molecular formula is C18H17N3O5S. The minimum Gasteiger partial charge on any atom is -0.358 e. The fourth-order valence-electron chi connectivity index (χ4n) is 2.61. The molecule has 140 valence electrons. The number of carbonyl (C=O) groups excluding carboxylic acids is 1. The van der Waals surface area contributed by atoms with E-state index >= 15 is 0 Å². The molecule has 2 aromatic carbocycles. The van der Waals surface area contributed by atoms with Crippen LogP contribution >= 0.6 is 0 Å². The van der Waals surface area contributed by atoms with E-state index in [-0.39, 0.29) is 17.2 Å². The number of carbonyl (C=O) groups is 1. The molecule has 3 rings (SSSR count). The van der Waals surface area contributed by atoms with Crippen LogP contribution in [0.15, 0.2) is 64.0 Å². The summed E-state index contributed by atoms with van der Waals surface area (Å²) in [4.78, 5) is 11.3. The molecule has 1 heterocycles. The van der Waals surface area contributed by atoms with Crippen molar-refractivity contribution in [2.75, 3.05) is 6.26 Å². The Morgan fingerprint density at radius 1 is 1.11 bits per heavy atom. The van der Waals surface area contributed by atoms with Crippen LogP contribution in [0, 0.1) is 0 Å². The van der Waals surface area contributed by atoms with Crippen LogP contribution in [0.25, 0.3) is 22.4 Å². The van der Waals surface area contributed by atoms with Gasteiger partial charge in [-0.05, 0) is 17.7 Å². The summed E-state index contributed by atoms with van der Waals surface area (Å²) >= 11 is 0. The maximum Gasteiger partial charge on any atom is 0.338 e. The summed E-state index contributed by atoms with van der Waals surface area (Å²) in [5, 5.41) is 14.0. The first-order valence-electron chi connectivity index (χ1n) is 7.87. The third-order valence-electron chi connectivity index (χ3n) is 3.93. The molecule has 1 aromatic heterocycles. The van der Waals surface area contributed by atoms with Gasteiger partial charge in [0.1, 0.15) is 12.2 Å². The molecule has 9 heteroatoms. The molecule has 3 N–H and O–H groups in total. The summed E-state index contributed by atoms with van der Waals surface area (Å²) in [6.07, 6.45) is 1.12. The topological polar surface area (TPSA) is 127 Å². The molecular weight excluding hydrogens is 370 g/mol. The van der Waals surface area contributed by atoms with Crippen molar-refractivity contribution in [3.05, 3.63) is 60.4 Å². The van der Waals surface area contributed by atoms with E-state index in [2.05, 4.69) is 5.16 Å². The number of rotatable bonds is 5. The van der Waals surface area contributed by atoms with Crippen LogP contribution in [-0.4, -0.2) is 36.1 Å². The minimum absolute atomic E-state index is 0.173. The highest BCUT2D eigenvalue weighted by Gasteiger charge is 2.22. The van der Waals surface area contributed by atoms with Gasteiger partial charge >= 0.3 is 6.03 Å². The third kappa shape index (κ3) is 3.99. The SMILES string of the molecule is CS(=O)(=O)c1ccc(-c2c(-c3ccccc3)noc2CN(O)C(N)=O)cc1. The van der Waals surface area contributed by atoms with E-state index in [0.29, 0.717) is 21.9 Å². The molecule has 0 fully saturated rings. The number of amides is 2. The monoisotopic (exact) mass is 387 g/mol. The van der Waals surface area contributed by atoms with Gasteiger partial charge in [-0.3, -0.25) is 5.21 Å². The number of nitrogens with two attached hydrogens (primary N) is 1. The molecule has 0 saturated carbocycles. The number of sulfone groups is 1. The maximum absolute atomic E-state index is 11.7. The Morgan fingerprint density at radius 3 is 2.30 bits per heavy atom. The molecule has 0 aliphatic rings. The number of aromatic nitrogens is 1. The predicted molar refractivity (Wildman–Crippen MR) is 97.4 cm³/mol.